The van der Waals surface area contributed by atoms with Crippen LogP contribution in [0.5, 0.6) is 0 Å². The summed E-state index contributed by atoms with van der Waals surface area (Å²) in [6.07, 6.45) is 0.136. The van der Waals surface area contributed by atoms with Crippen LogP contribution in [0.4, 0.5) is 4.79 Å². The Balaban J connectivity index is 4.87. The molecule has 0 heterocycles. The Labute approximate surface area is 134 Å². The predicted octanol–water partition coefficient (Wildman–Crippen LogP) is 1.71. The third-order valence-electron chi connectivity index (χ3n) is 3.42. The summed E-state index contributed by atoms with van der Waals surface area (Å²) in [5.41, 5.74) is -1.96. The molecule has 0 aliphatic heterocycles. The van der Waals surface area contributed by atoms with Crippen LogP contribution in [0.2, 0.25) is 0 Å². The van der Waals surface area contributed by atoms with Gasteiger partial charge in [0.1, 0.15) is 17.4 Å². The van der Waals surface area contributed by atoms with Crippen molar-refractivity contribution in [2.45, 2.75) is 59.6 Å². The molecular weight excluding hydrogens is 284 g/mol. The average Bonchev–Trinajstić information content (AvgIpc) is 2.34. The number of alkyl carbamates (subject to hydrolysis) is 1. The molecule has 6 heteroatoms. The van der Waals surface area contributed by atoms with Gasteiger partial charge in [-0.05, 0) is 26.7 Å². The highest BCUT2D eigenvalue weighted by atomic mass is 16.6. The SMILES string of the molecule is CC(C)C(C=O)(CNCC(C)(C)CO)NC(=O)OC(C)(C)C. The molecular formula is C16H32N2O4. The molecule has 0 aromatic carbocycles. The van der Waals surface area contributed by atoms with Gasteiger partial charge in [-0.1, -0.05) is 27.7 Å². The summed E-state index contributed by atoms with van der Waals surface area (Å²) >= 11 is 0. The van der Waals surface area contributed by atoms with Crippen molar-refractivity contribution >= 4 is 12.4 Å². The van der Waals surface area contributed by atoms with Gasteiger partial charge in [-0.25, -0.2) is 4.79 Å². The zero-order chi connectivity index (χ0) is 17.6. The molecule has 3 N–H and O–H groups in total. The minimum atomic E-state index is -1.05. The number of aliphatic hydroxyl groups is 1. The smallest absolute Gasteiger partial charge is 0.408 e. The average molecular weight is 316 g/mol. The van der Waals surface area contributed by atoms with Crippen LogP contribution in [-0.4, -0.2) is 48.3 Å². The summed E-state index contributed by atoms with van der Waals surface area (Å²) in [7, 11) is 0. The maximum absolute atomic E-state index is 12.0. The molecule has 130 valence electrons. The lowest BCUT2D eigenvalue weighted by atomic mass is 9.87. The Hall–Kier alpha value is -1.14. The molecule has 22 heavy (non-hydrogen) atoms. The number of carbonyl (C=O) groups is 2. The predicted molar refractivity (Wildman–Crippen MR) is 86.7 cm³/mol. The minimum Gasteiger partial charge on any atom is -0.444 e. The monoisotopic (exact) mass is 316 g/mol. The molecule has 0 rings (SSSR count). The third kappa shape index (κ3) is 7.22. The Bertz CT molecular complexity index is 375. The molecule has 0 bridgehead atoms. The number of amides is 1. The van der Waals surface area contributed by atoms with E-state index in [0.717, 1.165) is 6.29 Å². The van der Waals surface area contributed by atoms with E-state index in [1.807, 2.05) is 27.7 Å². The van der Waals surface area contributed by atoms with Gasteiger partial charge in [-0.3, -0.25) is 0 Å². The molecule has 0 spiro atoms. The number of aldehydes is 1. The Kier molecular flexibility index (Phi) is 7.51. The summed E-state index contributed by atoms with van der Waals surface area (Å²) < 4.78 is 5.24. The molecule has 0 radical (unpaired) electrons. The fraction of sp³-hybridized carbons (Fsp3) is 0.875. The van der Waals surface area contributed by atoms with Crippen molar-refractivity contribution in [2.24, 2.45) is 11.3 Å². The second kappa shape index (κ2) is 7.92. The van der Waals surface area contributed by atoms with Crippen LogP contribution in [0.25, 0.3) is 0 Å². The van der Waals surface area contributed by atoms with E-state index in [0.29, 0.717) is 6.54 Å². The van der Waals surface area contributed by atoms with E-state index in [2.05, 4.69) is 10.6 Å². The summed E-state index contributed by atoms with van der Waals surface area (Å²) in [5.74, 6) is -0.109. The zero-order valence-electron chi connectivity index (χ0n) is 14.9. The number of rotatable bonds is 8. The molecule has 0 aromatic rings. The number of ether oxygens (including phenoxy) is 1. The van der Waals surface area contributed by atoms with Gasteiger partial charge in [0, 0.05) is 25.1 Å². The molecule has 0 aliphatic rings. The first-order valence-corrected chi connectivity index (χ1v) is 7.66. The topological polar surface area (TPSA) is 87.7 Å². The van der Waals surface area contributed by atoms with Crippen LogP contribution in [0.1, 0.15) is 48.5 Å². The maximum Gasteiger partial charge on any atom is 0.408 e. The largest absolute Gasteiger partial charge is 0.444 e. The Morgan fingerprint density at radius 1 is 1.18 bits per heavy atom. The lowest BCUT2D eigenvalue weighted by Crippen LogP contribution is -2.60. The molecule has 6 nitrogen and oxygen atoms in total. The number of hydrogen-bond acceptors (Lipinski definition) is 5. The molecule has 0 fully saturated rings. The molecule has 0 saturated heterocycles. The van der Waals surface area contributed by atoms with Gasteiger partial charge in [0.25, 0.3) is 0 Å². The summed E-state index contributed by atoms with van der Waals surface area (Å²) in [5, 5.41) is 15.1. The highest BCUT2D eigenvalue weighted by Crippen LogP contribution is 2.17. The van der Waals surface area contributed by atoms with Gasteiger partial charge < -0.3 is 25.3 Å². The van der Waals surface area contributed by atoms with Crippen molar-refractivity contribution in [3.8, 4) is 0 Å². The lowest BCUT2D eigenvalue weighted by Gasteiger charge is -2.35. The molecule has 1 amide bonds. The van der Waals surface area contributed by atoms with Gasteiger partial charge in [0.15, 0.2) is 0 Å². The number of nitrogens with one attached hydrogen (secondary N) is 2. The lowest BCUT2D eigenvalue weighted by molar-refractivity contribution is -0.115. The number of aliphatic hydroxyl groups excluding tert-OH is 1. The molecule has 0 aliphatic carbocycles. The summed E-state index contributed by atoms with van der Waals surface area (Å²) in [6, 6.07) is 0. The molecule has 1 unspecified atom stereocenters. The van der Waals surface area contributed by atoms with E-state index >= 15 is 0 Å². The van der Waals surface area contributed by atoms with E-state index in [1.165, 1.54) is 0 Å². The van der Waals surface area contributed by atoms with Gasteiger partial charge in [0.2, 0.25) is 0 Å². The van der Waals surface area contributed by atoms with Crippen molar-refractivity contribution < 1.29 is 19.4 Å². The minimum absolute atomic E-state index is 0.0370. The first kappa shape index (κ1) is 20.9. The first-order valence-electron chi connectivity index (χ1n) is 7.66. The number of hydrogen-bond donors (Lipinski definition) is 3. The molecule has 0 aromatic heterocycles. The first-order chi connectivity index (χ1) is 9.87. The van der Waals surface area contributed by atoms with E-state index in [-0.39, 0.29) is 24.5 Å². The maximum atomic E-state index is 12.0. The number of carbonyl (C=O) groups excluding carboxylic acids is 2. The quantitative estimate of drug-likeness (QED) is 0.593. The van der Waals surface area contributed by atoms with E-state index in [9.17, 15) is 14.7 Å². The van der Waals surface area contributed by atoms with Gasteiger partial charge >= 0.3 is 6.09 Å². The fourth-order valence-corrected chi connectivity index (χ4v) is 1.76. The van der Waals surface area contributed by atoms with Gasteiger partial charge in [-0.15, -0.1) is 0 Å². The highest BCUT2D eigenvalue weighted by molar-refractivity contribution is 5.77. The molecule has 0 saturated carbocycles. The fourth-order valence-electron chi connectivity index (χ4n) is 1.76. The second-order valence-electron chi connectivity index (χ2n) is 7.87. The standard InChI is InChI=1S/C16H32N2O4/c1-12(2)16(11-20,9-17-8-15(6,7)10-19)18-13(21)22-14(3,4)5/h11-12,17,19H,8-10H2,1-7H3,(H,18,21). The Morgan fingerprint density at radius 3 is 2.09 bits per heavy atom. The van der Waals surface area contributed by atoms with E-state index < -0.39 is 17.2 Å². The van der Waals surface area contributed by atoms with Crippen LogP contribution in [-0.2, 0) is 9.53 Å². The van der Waals surface area contributed by atoms with Crippen molar-refractivity contribution in [3.05, 3.63) is 0 Å². The van der Waals surface area contributed by atoms with Crippen molar-refractivity contribution in [2.75, 3.05) is 19.7 Å². The van der Waals surface area contributed by atoms with Crippen molar-refractivity contribution in [3.63, 3.8) is 0 Å². The van der Waals surface area contributed by atoms with Crippen molar-refractivity contribution in [1.29, 1.82) is 0 Å². The highest BCUT2D eigenvalue weighted by Gasteiger charge is 2.37. The van der Waals surface area contributed by atoms with Crippen LogP contribution < -0.4 is 10.6 Å². The van der Waals surface area contributed by atoms with Crippen molar-refractivity contribution in [1.82, 2.24) is 10.6 Å². The van der Waals surface area contributed by atoms with Gasteiger partial charge in [-0.2, -0.15) is 0 Å². The van der Waals surface area contributed by atoms with E-state index in [1.54, 1.807) is 20.8 Å². The van der Waals surface area contributed by atoms with Crippen LogP contribution in [0, 0.1) is 11.3 Å². The van der Waals surface area contributed by atoms with Gasteiger partial charge in [0.05, 0.1) is 0 Å². The van der Waals surface area contributed by atoms with Crippen LogP contribution in [0.15, 0.2) is 0 Å². The third-order valence-corrected chi connectivity index (χ3v) is 3.42. The summed E-state index contributed by atoms with van der Waals surface area (Å²) in [4.78, 5) is 23.6. The molecule has 1 atom stereocenters. The second-order valence-corrected chi connectivity index (χ2v) is 7.87. The van der Waals surface area contributed by atoms with E-state index in [4.69, 9.17) is 4.74 Å². The Morgan fingerprint density at radius 2 is 1.73 bits per heavy atom. The summed E-state index contributed by atoms with van der Waals surface area (Å²) in [6.45, 7) is 13.7. The van der Waals surface area contributed by atoms with Crippen LogP contribution >= 0.6 is 0 Å². The zero-order valence-corrected chi connectivity index (χ0v) is 14.9. The normalized spacial score (nSPS) is 15.3. The van der Waals surface area contributed by atoms with Crippen LogP contribution in [0.3, 0.4) is 0 Å².